The number of carbonyl (C=O) groups is 1. The number of nitrogens with one attached hydrogen (secondary N) is 1. The molecule has 2 aromatic rings. The smallest absolute Gasteiger partial charge is 0.262 e. The van der Waals surface area contributed by atoms with Crippen molar-refractivity contribution in [3.63, 3.8) is 0 Å². The fourth-order valence-electron chi connectivity index (χ4n) is 2.15. The quantitative estimate of drug-likeness (QED) is 0.858. The number of halogens is 2. The van der Waals surface area contributed by atoms with Crippen LogP contribution < -0.4 is 10.1 Å². The van der Waals surface area contributed by atoms with Crippen LogP contribution in [-0.2, 0) is 4.79 Å². The van der Waals surface area contributed by atoms with Crippen LogP contribution in [0.25, 0.3) is 0 Å². The molecule has 0 unspecified atom stereocenters. The molecule has 0 aliphatic rings. The second kappa shape index (κ2) is 7.03. The summed E-state index contributed by atoms with van der Waals surface area (Å²) >= 11 is 12.2. The molecule has 2 rings (SSSR count). The van der Waals surface area contributed by atoms with E-state index in [1.807, 2.05) is 32.9 Å². The molecule has 116 valence electrons. The summed E-state index contributed by atoms with van der Waals surface area (Å²) in [5.41, 5.74) is 3.44. The number of benzene rings is 2. The molecule has 0 saturated carbocycles. The molecule has 22 heavy (non-hydrogen) atoms. The van der Waals surface area contributed by atoms with Gasteiger partial charge in [0.2, 0.25) is 0 Å². The maximum Gasteiger partial charge on any atom is 0.262 e. The number of ether oxygens (including phenoxy) is 1. The second-order valence-corrected chi connectivity index (χ2v) is 5.96. The van der Waals surface area contributed by atoms with Crippen LogP contribution in [-0.4, -0.2) is 12.5 Å². The van der Waals surface area contributed by atoms with Gasteiger partial charge in [-0.15, -0.1) is 0 Å². The molecule has 0 bridgehead atoms. The van der Waals surface area contributed by atoms with E-state index in [9.17, 15) is 4.79 Å². The molecule has 0 spiro atoms. The summed E-state index contributed by atoms with van der Waals surface area (Å²) < 4.78 is 5.55. The Labute approximate surface area is 140 Å². The van der Waals surface area contributed by atoms with E-state index in [1.165, 1.54) is 0 Å². The predicted molar refractivity (Wildman–Crippen MR) is 91.2 cm³/mol. The number of aryl methyl sites for hydroxylation is 2. The summed E-state index contributed by atoms with van der Waals surface area (Å²) in [4.78, 5) is 12.0. The number of rotatable bonds is 4. The fourth-order valence-corrected chi connectivity index (χ4v) is 2.70. The Kier molecular flexibility index (Phi) is 5.33. The van der Waals surface area contributed by atoms with E-state index in [4.69, 9.17) is 27.9 Å². The topological polar surface area (TPSA) is 38.3 Å². The molecular weight excluding hydrogens is 321 g/mol. The monoisotopic (exact) mass is 337 g/mol. The third-order valence-electron chi connectivity index (χ3n) is 3.26. The van der Waals surface area contributed by atoms with E-state index in [1.54, 1.807) is 18.2 Å². The van der Waals surface area contributed by atoms with Crippen molar-refractivity contribution >= 4 is 34.8 Å². The molecule has 0 aliphatic heterocycles. The van der Waals surface area contributed by atoms with Crippen molar-refractivity contribution < 1.29 is 9.53 Å². The number of carbonyl (C=O) groups excluding carboxylic acids is 1. The lowest BCUT2D eigenvalue weighted by molar-refractivity contribution is -0.118. The first kappa shape index (κ1) is 16.7. The van der Waals surface area contributed by atoms with Gasteiger partial charge >= 0.3 is 0 Å². The highest BCUT2D eigenvalue weighted by molar-refractivity contribution is 6.32. The zero-order chi connectivity index (χ0) is 16.3. The Morgan fingerprint density at radius 2 is 1.86 bits per heavy atom. The molecule has 3 nitrogen and oxygen atoms in total. The van der Waals surface area contributed by atoms with Gasteiger partial charge in [0.05, 0.1) is 5.02 Å². The van der Waals surface area contributed by atoms with Gasteiger partial charge in [0.25, 0.3) is 5.91 Å². The highest BCUT2D eigenvalue weighted by Crippen LogP contribution is 2.29. The average molecular weight is 338 g/mol. The first-order valence-corrected chi connectivity index (χ1v) is 7.58. The number of hydrogen-bond donors (Lipinski definition) is 1. The third kappa shape index (κ3) is 3.93. The average Bonchev–Trinajstić information content (AvgIpc) is 2.42. The first-order valence-electron chi connectivity index (χ1n) is 6.83. The molecule has 1 N–H and O–H groups in total. The van der Waals surface area contributed by atoms with Crippen LogP contribution in [0.15, 0.2) is 30.3 Å². The lowest BCUT2D eigenvalue weighted by Gasteiger charge is -2.13. The molecular formula is C17H17Cl2NO2. The Balaban J connectivity index is 2.03. The number of anilines is 1. The van der Waals surface area contributed by atoms with Gasteiger partial charge in [0.15, 0.2) is 6.61 Å². The summed E-state index contributed by atoms with van der Waals surface area (Å²) in [5, 5.41) is 3.89. The molecule has 5 heteroatoms. The van der Waals surface area contributed by atoms with E-state index < -0.39 is 0 Å². The number of hydrogen-bond acceptors (Lipinski definition) is 2. The van der Waals surface area contributed by atoms with Crippen LogP contribution >= 0.6 is 23.2 Å². The summed E-state index contributed by atoms with van der Waals surface area (Å²) in [6, 6.07) is 9.12. The van der Waals surface area contributed by atoms with Crippen molar-refractivity contribution in [1.82, 2.24) is 0 Å². The SMILES string of the molecule is Cc1cc(C)c(OCC(=O)Nc2cccc(Cl)c2C)c(Cl)c1. The first-order chi connectivity index (χ1) is 10.4. The van der Waals surface area contributed by atoms with Gasteiger partial charge in [0.1, 0.15) is 5.75 Å². The highest BCUT2D eigenvalue weighted by atomic mass is 35.5. The van der Waals surface area contributed by atoms with Crippen molar-refractivity contribution in [1.29, 1.82) is 0 Å². The van der Waals surface area contributed by atoms with Crippen LogP contribution in [0, 0.1) is 20.8 Å². The standard InChI is InChI=1S/C17H17Cl2NO2/c1-10-7-11(2)17(14(19)8-10)22-9-16(21)20-15-6-4-5-13(18)12(15)3/h4-8H,9H2,1-3H3,(H,20,21). The summed E-state index contributed by atoms with van der Waals surface area (Å²) in [5.74, 6) is 0.270. The van der Waals surface area contributed by atoms with E-state index in [-0.39, 0.29) is 12.5 Å². The van der Waals surface area contributed by atoms with Gasteiger partial charge in [-0.05, 0) is 55.7 Å². The lowest BCUT2D eigenvalue weighted by Crippen LogP contribution is -2.21. The van der Waals surface area contributed by atoms with Crippen LogP contribution in [0.5, 0.6) is 5.75 Å². The summed E-state index contributed by atoms with van der Waals surface area (Å²) in [7, 11) is 0. The van der Waals surface area contributed by atoms with Gasteiger partial charge in [-0.1, -0.05) is 35.3 Å². The van der Waals surface area contributed by atoms with Gasteiger partial charge in [-0.2, -0.15) is 0 Å². The van der Waals surface area contributed by atoms with E-state index >= 15 is 0 Å². The van der Waals surface area contributed by atoms with Gasteiger partial charge in [-0.3, -0.25) is 4.79 Å². The van der Waals surface area contributed by atoms with Gasteiger partial charge in [-0.25, -0.2) is 0 Å². The minimum absolute atomic E-state index is 0.116. The van der Waals surface area contributed by atoms with E-state index in [2.05, 4.69) is 5.32 Å². The van der Waals surface area contributed by atoms with E-state index in [0.29, 0.717) is 21.5 Å². The molecule has 0 fully saturated rings. The van der Waals surface area contributed by atoms with Crippen LogP contribution in [0.1, 0.15) is 16.7 Å². The normalized spacial score (nSPS) is 10.4. The molecule has 1 amide bonds. The van der Waals surface area contributed by atoms with Crippen molar-refractivity contribution in [2.24, 2.45) is 0 Å². The van der Waals surface area contributed by atoms with Crippen LogP contribution in [0.3, 0.4) is 0 Å². The molecule has 0 atom stereocenters. The molecule has 0 saturated heterocycles. The lowest BCUT2D eigenvalue weighted by atomic mass is 10.1. The predicted octanol–water partition coefficient (Wildman–Crippen LogP) is 4.94. The van der Waals surface area contributed by atoms with Crippen LogP contribution in [0.4, 0.5) is 5.69 Å². The summed E-state index contributed by atoms with van der Waals surface area (Å²) in [6.07, 6.45) is 0. The fraction of sp³-hybridized carbons (Fsp3) is 0.235. The summed E-state index contributed by atoms with van der Waals surface area (Å²) in [6.45, 7) is 5.58. The zero-order valence-electron chi connectivity index (χ0n) is 12.7. The molecule has 0 aromatic heterocycles. The minimum Gasteiger partial charge on any atom is -0.482 e. The Hall–Kier alpha value is -1.71. The molecule has 0 radical (unpaired) electrons. The molecule has 0 aliphatic carbocycles. The Bertz CT molecular complexity index is 691. The number of amides is 1. The Morgan fingerprint density at radius 3 is 2.55 bits per heavy atom. The minimum atomic E-state index is -0.263. The van der Waals surface area contributed by atoms with E-state index in [0.717, 1.165) is 16.7 Å². The third-order valence-corrected chi connectivity index (χ3v) is 3.95. The van der Waals surface area contributed by atoms with Gasteiger partial charge in [0, 0.05) is 10.7 Å². The zero-order valence-corrected chi connectivity index (χ0v) is 14.2. The van der Waals surface area contributed by atoms with Gasteiger partial charge < -0.3 is 10.1 Å². The van der Waals surface area contributed by atoms with Crippen LogP contribution in [0.2, 0.25) is 10.0 Å². The van der Waals surface area contributed by atoms with Crippen molar-refractivity contribution in [3.05, 3.63) is 57.1 Å². The van der Waals surface area contributed by atoms with Crippen molar-refractivity contribution in [2.75, 3.05) is 11.9 Å². The highest BCUT2D eigenvalue weighted by Gasteiger charge is 2.11. The maximum atomic E-state index is 12.0. The Morgan fingerprint density at radius 1 is 1.14 bits per heavy atom. The second-order valence-electron chi connectivity index (χ2n) is 5.14. The van der Waals surface area contributed by atoms with Crippen molar-refractivity contribution in [2.45, 2.75) is 20.8 Å². The maximum absolute atomic E-state index is 12.0. The largest absolute Gasteiger partial charge is 0.482 e. The molecule has 2 aromatic carbocycles. The molecule has 0 heterocycles. The van der Waals surface area contributed by atoms with Crippen molar-refractivity contribution in [3.8, 4) is 5.75 Å².